The molecule has 0 aliphatic heterocycles. The number of hydrogen-bond donors (Lipinski definition) is 2. The maximum atomic E-state index is 10.2. The highest BCUT2D eigenvalue weighted by molar-refractivity contribution is 5.79. The zero-order valence-electron chi connectivity index (χ0n) is 17.9. The summed E-state index contributed by atoms with van der Waals surface area (Å²) >= 11 is 0. The van der Waals surface area contributed by atoms with E-state index in [-0.39, 0.29) is 0 Å². The van der Waals surface area contributed by atoms with Gasteiger partial charge in [-0.05, 0) is 19.3 Å². The second-order valence-electron chi connectivity index (χ2n) is 7.27. The number of aliphatic carboxylic acids is 2. The molecule has 0 heterocycles. The normalized spacial score (nSPS) is 10.6. The van der Waals surface area contributed by atoms with Gasteiger partial charge < -0.3 is 10.2 Å². The Kier molecular flexibility index (Phi) is 25.5. The van der Waals surface area contributed by atoms with Gasteiger partial charge in [0.05, 0.1) is 0 Å². The molecule has 0 aliphatic rings. The Morgan fingerprint density at radius 3 is 1.44 bits per heavy atom. The van der Waals surface area contributed by atoms with Gasteiger partial charge in [-0.25, -0.2) is 4.79 Å². The number of rotatable bonds is 18. The number of carbonyl (C=O) groups is 2. The van der Waals surface area contributed by atoms with E-state index in [0.717, 1.165) is 25.7 Å². The number of unbranched alkanes of at least 4 members (excludes halogenated alkanes) is 14. The average molecular weight is 385 g/mol. The van der Waals surface area contributed by atoms with Gasteiger partial charge in [0, 0.05) is 12.5 Å². The van der Waals surface area contributed by atoms with Gasteiger partial charge in [0.25, 0.3) is 0 Å². The highest BCUT2D eigenvalue weighted by Gasteiger charge is 1.96. The lowest BCUT2D eigenvalue weighted by atomic mass is 10.1. The second kappa shape index (κ2) is 24.7. The van der Waals surface area contributed by atoms with Crippen LogP contribution >= 0.6 is 0 Å². The molecule has 0 saturated heterocycles. The molecular formula is C23H44O4. The minimum Gasteiger partial charge on any atom is -0.481 e. The summed E-state index contributed by atoms with van der Waals surface area (Å²) in [7, 11) is 0. The van der Waals surface area contributed by atoms with Crippen molar-refractivity contribution in [3.63, 3.8) is 0 Å². The largest absolute Gasteiger partial charge is 0.481 e. The van der Waals surface area contributed by atoms with Crippen LogP contribution in [0.2, 0.25) is 0 Å². The van der Waals surface area contributed by atoms with E-state index in [1.54, 1.807) is 6.08 Å². The standard InChI is InChI=1S/C12H24O2.C11H20O2/c1-2-3-4-5-6-7-8-9-10-11-12(13)14;1-2-3-4-5-6-7-8-9-10-11(12)13/h2-11H2,1H3,(H,13,14);9-10H,2-8H2,1H3,(H,12,13). The van der Waals surface area contributed by atoms with Crippen LogP contribution in [0.5, 0.6) is 0 Å². The molecule has 0 atom stereocenters. The molecule has 0 unspecified atom stereocenters. The van der Waals surface area contributed by atoms with Gasteiger partial charge in [0.1, 0.15) is 0 Å². The molecule has 0 amide bonds. The molecule has 0 fully saturated rings. The molecule has 4 heteroatoms. The van der Waals surface area contributed by atoms with Crippen molar-refractivity contribution in [1.82, 2.24) is 0 Å². The maximum absolute atomic E-state index is 10.2. The van der Waals surface area contributed by atoms with Crippen LogP contribution < -0.4 is 0 Å². The summed E-state index contributed by atoms with van der Waals surface area (Å²) < 4.78 is 0. The Labute approximate surface area is 167 Å². The summed E-state index contributed by atoms with van der Waals surface area (Å²) in [6.45, 7) is 4.43. The Morgan fingerprint density at radius 2 is 1.04 bits per heavy atom. The fourth-order valence-corrected chi connectivity index (χ4v) is 2.81. The molecule has 0 rings (SSSR count). The second-order valence-corrected chi connectivity index (χ2v) is 7.27. The lowest BCUT2D eigenvalue weighted by molar-refractivity contribution is -0.137. The fraction of sp³-hybridized carbons (Fsp3) is 0.826. The smallest absolute Gasteiger partial charge is 0.327 e. The SMILES string of the molecule is CCCCCCCCC=CC(=O)O.CCCCCCCCCCCC(=O)O. The van der Waals surface area contributed by atoms with Crippen LogP contribution in [0.3, 0.4) is 0 Å². The van der Waals surface area contributed by atoms with E-state index in [9.17, 15) is 9.59 Å². The molecule has 0 aromatic carbocycles. The number of carboxylic acid groups (broad SMARTS) is 2. The highest BCUT2D eigenvalue weighted by Crippen LogP contribution is 2.10. The molecule has 0 aromatic rings. The Morgan fingerprint density at radius 1 is 0.630 bits per heavy atom. The predicted molar refractivity (Wildman–Crippen MR) is 114 cm³/mol. The number of carboxylic acids is 2. The first kappa shape index (κ1) is 27.9. The minimum absolute atomic E-state index is 0.343. The van der Waals surface area contributed by atoms with E-state index in [1.807, 2.05) is 0 Å². The Bertz CT molecular complexity index is 350. The fourth-order valence-electron chi connectivity index (χ4n) is 2.81. The average Bonchev–Trinajstić information content (AvgIpc) is 2.62. The lowest BCUT2D eigenvalue weighted by Crippen LogP contribution is -1.93. The first-order chi connectivity index (χ1) is 13.0. The van der Waals surface area contributed by atoms with Crippen LogP contribution in [-0.4, -0.2) is 22.2 Å². The first-order valence-corrected chi connectivity index (χ1v) is 11.2. The van der Waals surface area contributed by atoms with Crippen molar-refractivity contribution < 1.29 is 19.8 Å². The van der Waals surface area contributed by atoms with Gasteiger partial charge >= 0.3 is 11.9 Å². The molecular weight excluding hydrogens is 340 g/mol. The summed E-state index contributed by atoms with van der Waals surface area (Å²) in [6, 6.07) is 0. The molecule has 160 valence electrons. The van der Waals surface area contributed by atoms with E-state index in [0.29, 0.717) is 6.42 Å². The van der Waals surface area contributed by atoms with Crippen molar-refractivity contribution in [3.05, 3.63) is 12.2 Å². The highest BCUT2D eigenvalue weighted by atomic mass is 16.4. The molecule has 0 spiro atoms. The van der Waals surface area contributed by atoms with Crippen LogP contribution in [0.25, 0.3) is 0 Å². The van der Waals surface area contributed by atoms with Gasteiger partial charge in [0.15, 0.2) is 0 Å². The van der Waals surface area contributed by atoms with Gasteiger partial charge in [-0.1, -0.05) is 103 Å². The van der Waals surface area contributed by atoms with Crippen molar-refractivity contribution in [3.8, 4) is 0 Å². The quantitative estimate of drug-likeness (QED) is 0.191. The van der Waals surface area contributed by atoms with E-state index in [4.69, 9.17) is 10.2 Å². The molecule has 0 bridgehead atoms. The zero-order chi connectivity index (χ0) is 20.6. The van der Waals surface area contributed by atoms with Crippen molar-refractivity contribution in [2.45, 2.75) is 123 Å². The van der Waals surface area contributed by atoms with Crippen LogP contribution in [0, 0.1) is 0 Å². The minimum atomic E-state index is -0.842. The first-order valence-electron chi connectivity index (χ1n) is 11.2. The Hall–Kier alpha value is -1.32. The van der Waals surface area contributed by atoms with Crippen molar-refractivity contribution in [1.29, 1.82) is 0 Å². The molecule has 0 saturated carbocycles. The van der Waals surface area contributed by atoms with E-state index in [1.165, 1.54) is 83.1 Å². The summed E-state index contributed by atoms with van der Waals surface area (Å²) in [5.74, 6) is -1.50. The summed E-state index contributed by atoms with van der Waals surface area (Å²) in [5.41, 5.74) is 0. The maximum Gasteiger partial charge on any atom is 0.327 e. The van der Waals surface area contributed by atoms with Crippen molar-refractivity contribution in [2.75, 3.05) is 0 Å². The summed E-state index contributed by atoms with van der Waals surface area (Å²) in [5, 5.41) is 16.7. The third-order valence-electron chi connectivity index (χ3n) is 4.48. The van der Waals surface area contributed by atoms with Crippen LogP contribution in [-0.2, 0) is 9.59 Å². The van der Waals surface area contributed by atoms with Crippen molar-refractivity contribution >= 4 is 11.9 Å². The van der Waals surface area contributed by atoms with Gasteiger partial charge in [-0.15, -0.1) is 0 Å². The third-order valence-corrected chi connectivity index (χ3v) is 4.48. The molecule has 0 aliphatic carbocycles. The predicted octanol–water partition coefficient (Wildman–Crippen LogP) is 7.37. The Balaban J connectivity index is 0. The third kappa shape index (κ3) is 32.8. The van der Waals surface area contributed by atoms with E-state index < -0.39 is 11.9 Å². The molecule has 4 nitrogen and oxygen atoms in total. The molecule has 0 aromatic heterocycles. The lowest BCUT2D eigenvalue weighted by Gasteiger charge is -2.00. The topological polar surface area (TPSA) is 74.6 Å². The van der Waals surface area contributed by atoms with E-state index in [2.05, 4.69) is 13.8 Å². The number of allylic oxidation sites excluding steroid dienone is 1. The number of hydrogen-bond acceptors (Lipinski definition) is 2. The van der Waals surface area contributed by atoms with Gasteiger partial charge in [-0.3, -0.25) is 4.79 Å². The van der Waals surface area contributed by atoms with Crippen LogP contribution in [0.4, 0.5) is 0 Å². The molecule has 2 N–H and O–H groups in total. The van der Waals surface area contributed by atoms with Gasteiger partial charge in [0.2, 0.25) is 0 Å². The summed E-state index contributed by atoms with van der Waals surface area (Å²) in [4.78, 5) is 20.3. The molecule has 27 heavy (non-hydrogen) atoms. The zero-order valence-corrected chi connectivity index (χ0v) is 17.9. The summed E-state index contributed by atoms with van der Waals surface area (Å²) in [6.07, 6.45) is 22.9. The van der Waals surface area contributed by atoms with Crippen molar-refractivity contribution in [2.24, 2.45) is 0 Å². The molecule has 0 radical (unpaired) electrons. The van der Waals surface area contributed by atoms with Gasteiger partial charge in [-0.2, -0.15) is 0 Å². The van der Waals surface area contributed by atoms with Crippen LogP contribution in [0.1, 0.15) is 123 Å². The van der Waals surface area contributed by atoms with Crippen LogP contribution in [0.15, 0.2) is 12.2 Å². The monoisotopic (exact) mass is 384 g/mol. The van der Waals surface area contributed by atoms with E-state index >= 15 is 0 Å².